The molecule has 0 radical (unpaired) electrons. The molecule has 3 aromatic heterocycles. The molecule has 7 nitrogen and oxygen atoms in total. The van der Waals surface area contributed by atoms with Crippen LogP contribution < -0.4 is 14.8 Å². The maximum Gasteiger partial charge on any atom is 0.212 e. The van der Waals surface area contributed by atoms with Gasteiger partial charge in [0.1, 0.15) is 11.6 Å². The number of nitrogens with one attached hydrogen (secondary N) is 1. The number of hydrogen-bond acceptors (Lipinski definition) is 6. The zero-order valence-corrected chi connectivity index (χ0v) is 15.1. The van der Waals surface area contributed by atoms with Gasteiger partial charge in [0.25, 0.3) is 0 Å². The van der Waals surface area contributed by atoms with Crippen LogP contribution in [-0.4, -0.2) is 33.8 Å². The average molecular weight is 361 g/mol. The molecule has 0 aliphatic heterocycles. The Labute approximate surface area is 156 Å². The third-order valence-corrected chi connectivity index (χ3v) is 4.29. The van der Waals surface area contributed by atoms with Gasteiger partial charge in [-0.25, -0.2) is 9.97 Å². The van der Waals surface area contributed by atoms with Crippen LogP contribution in [0.5, 0.6) is 11.6 Å². The standard InChI is InChI=1S/C20H19N5O2/c1-26-16-6-3-14(4-7-16)11-22-18-9-10-21-20-17(13-24-25(18)20)15-5-8-19(27-2)23-12-15/h3-10,12-13,22H,11H2,1-2H3. The first-order chi connectivity index (χ1) is 13.3. The van der Waals surface area contributed by atoms with Crippen molar-refractivity contribution in [3.63, 3.8) is 0 Å². The summed E-state index contributed by atoms with van der Waals surface area (Å²) >= 11 is 0. The van der Waals surface area contributed by atoms with Crippen LogP contribution in [-0.2, 0) is 6.54 Å². The number of rotatable bonds is 6. The van der Waals surface area contributed by atoms with Crippen LogP contribution in [0.15, 0.2) is 61.1 Å². The van der Waals surface area contributed by atoms with Gasteiger partial charge in [-0.3, -0.25) is 0 Å². The van der Waals surface area contributed by atoms with E-state index >= 15 is 0 Å². The highest BCUT2D eigenvalue weighted by atomic mass is 16.5. The lowest BCUT2D eigenvalue weighted by atomic mass is 10.1. The maximum absolute atomic E-state index is 5.19. The topological polar surface area (TPSA) is 73.6 Å². The van der Waals surface area contributed by atoms with E-state index in [0.717, 1.165) is 33.9 Å². The van der Waals surface area contributed by atoms with Gasteiger partial charge in [-0.15, -0.1) is 0 Å². The third-order valence-electron chi connectivity index (χ3n) is 4.29. The predicted molar refractivity (Wildman–Crippen MR) is 103 cm³/mol. The highest BCUT2D eigenvalue weighted by molar-refractivity contribution is 5.77. The van der Waals surface area contributed by atoms with E-state index < -0.39 is 0 Å². The van der Waals surface area contributed by atoms with Crippen LogP contribution >= 0.6 is 0 Å². The van der Waals surface area contributed by atoms with E-state index in [1.807, 2.05) is 42.5 Å². The van der Waals surface area contributed by atoms with Gasteiger partial charge in [-0.05, 0) is 29.8 Å². The molecule has 0 unspecified atom stereocenters. The molecule has 0 bridgehead atoms. The van der Waals surface area contributed by atoms with Gasteiger partial charge in [0.15, 0.2) is 5.65 Å². The van der Waals surface area contributed by atoms with Crippen LogP contribution in [0.2, 0.25) is 0 Å². The van der Waals surface area contributed by atoms with Gasteiger partial charge >= 0.3 is 0 Å². The molecule has 0 atom stereocenters. The van der Waals surface area contributed by atoms with Crippen LogP contribution in [0.1, 0.15) is 5.56 Å². The highest BCUT2D eigenvalue weighted by Crippen LogP contribution is 2.25. The summed E-state index contributed by atoms with van der Waals surface area (Å²) < 4.78 is 12.1. The summed E-state index contributed by atoms with van der Waals surface area (Å²) in [6, 6.07) is 13.6. The Balaban J connectivity index is 1.59. The molecule has 27 heavy (non-hydrogen) atoms. The number of methoxy groups -OCH3 is 2. The second kappa shape index (κ2) is 7.33. The van der Waals surface area contributed by atoms with Crippen molar-refractivity contribution in [2.45, 2.75) is 6.54 Å². The van der Waals surface area contributed by atoms with Gasteiger partial charge in [-0.2, -0.15) is 9.61 Å². The summed E-state index contributed by atoms with van der Waals surface area (Å²) in [6.45, 7) is 0.669. The molecule has 0 fully saturated rings. The lowest BCUT2D eigenvalue weighted by Gasteiger charge is -2.09. The quantitative estimate of drug-likeness (QED) is 0.567. The number of benzene rings is 1. The summed E-state index contributed by atoms with van der Waals surface area (Å²) in [4.78, 5) is 8.74. The van der Waals surface area contributed by atoms with Crippen LogP contribution in [0.3, 0.4) is 0 Å². The van der Waals surface area contributed by atoms with Crippen LogP contribution in [0.4, 0.5) is 5.82 Å². The predicted octanol–water partition coefficient (Wildman–Crippen LogP) is 3.42. The molecule has 1 N–H and O–H groups in total. The molecule has 3 heterocycles. The average Bonchev–Trinajstić information content (AvgIpc) is 3.17. The van der Waals surface area contributed by atoms with E-state index in [1.165, 1.54) is 0 Å². The fourth-order valence-electron chi connectivity index (χ4n) is 2.83. The Bertz CT molecular complexity index is 1040. The molecule has 4 aromatic rings. The lowest BCUT2D eigenvalue weighted by molar-refractivity contribution is 0.398. The lowest BCUT2D eigenvalue weighted by Crippen LogP contribution is -2.05. The number of fused-ring (bicyclic) bond motifs is 1. The second-order valence-electron chi connectivity index (χ2n) is 5.91. The van der Waals surface area contributed by atoms with E-state index in [9.17, 15) is 0 Å². The fraction of sp³-hybridized carbons (Fsp3) is 0.150. The normalized spacial score (nSPS) is 10.7. The van der Waals surface area contributed by atoms with Crippen molar-refractivity contribution < 1.29 is 9.47 Å². The van der Waals surface area contributed by atoms with Crippen LogP contribution in [0.25, 0.3) is 16.8 Å². The van der Waals surface area contributed by atoms with E-state index in [2.05, 4.69) is 20.4 Å². The zero-order chi connectivity index (χ0) is 18.6. The first-order valence-corrected chi connectivity index (χ1v) is 8.48. The monoisotopic (exact) mass is 361 g/mol. The Morgan fingerprint density at radius 2 is 1.78 bits per heavy atom. The number of anilines is 1. The summed E-state index contributed by atoms with van der Waals surface area (Å²) in [7, 11) is 3.26. The first kappa shape index (κ1) is 16.8. The smallest absolute Gasteiger partial charge is 0.212 e. The number of aromatic nitrogens is 4. The van der Waals surface area contributed by atoms with Gasteiger partial charge < -0.3 is 14.8 Å². The summed E-state index contributed by atoms with van der Waals surface area (Å²) in [5.74, 6) is 2.28. The van der Waals surface area contributed by atoms with Crippen molar-refractivity contribution in [3.05, 3.63) is 66.6 Å². The zero-order valence-electron chi connectivity index (χ0n) is 15.1. The van der Waals surface area contributed by atoms with Crippen LogP contribution in [0, 0.1) is 0 Å². The van der Waals surface area contributed by atoms with Gasteiger partial charge in [0.2, 0.25) is 5.88 Å². The van der Waals surface area contributed by atoms with E-state index in [0.29, 0.717) is 12.4 Å². The third kappa shape index (κ3) is 3.39. The molecule has 0 saturated carbocycles. The molecule has 7 heteroatoms. The molecule has 0 amide bonds. The molecular formula is C20H19N5O2. The molecule has 0 saturated heterocycles. The molecule has 0 aliphatic rings. The molecular weight excluding hydrogens is 342 g/mol. The Morgan fingerprint density at radius 1 is 0.926 bits per heavy atom. The first-order valence-electron chi connectivity index (χ1n) is 8.48. The number of hydrogen-bond donors (Lipinski definition) is 1. The number of pyridine rings is 1. The molecule has 1 aromatic carbocycles. The number of nitrogens with zero attached hydrogens (tertiary/aromatic N) is 4. The summed E-state index contributed by atoms with van der Waals surface area (Å²) in [6.07, 6.45) is 5.33. The summed E-state index contributed by atoms with van der Waals surface area (Å²) in [5, 5.41) is 7.90. The van der Waals surface area contributed by atoms with Crippen molar-refractivity contribution in [3.8, 4) is 22.8 Å². The van der Waals surface area contributed by atoms with Crippen molar-refractivity contribution in [2.24, 2.45) is 0 Å². The fourth-order valence-corrected chi connectivity index (χ4v) is 2.83. The Morgan fingerprint density at radius 3 is 2.48 bits per heavy atom. The largest absolute Gasteiger partial charge is 0.497 e. The Kier molecular flexibility index (Phi) is 4.57. The summed E-state index contributed by atoms with van der Waals surface area (Å²) in [5.41, 5.74) is 3.76. The van der Waals surface area contributed by atoms with Gasteiger partial charge in [-0.1, -0.05) is 12.1 Å². The van der Waals surface area contributed by atoms with Crippen molar-refractivity contribution >= 4 is 11.5 Å². The van der Waals surface area contributed by atoms with E-state index in [4.69, 9.17) is 9.47 Å². The highest BCUT2D eigenvalue weighted by Gasteiger charge is 2.11. The van der Waals surface area contributed by atoms with Crippen molar-refractivity contribution in [1.29, 1.82) is 0 Å². The maximum atomic E-state index is 5.19. The van der Waals surface area contributed by atoms with Crippen molar-refractivity contribution in [2.75, 3.05) is 19.5 Å². The number of ether oxygens (including phenoxy) is 2. The van der Waals surface area contributed by atoms with E-state index in [1.54, 1.807) is 37.3 Å². The van der Waals surface area contributed by atoms with E-state index in [-0.39, 0.29) is 0 Å². The molecule has 4 rings (SSSR count). The van der Waals surface area contributed by atoms with Gasteiger partial charge in [0, 0.05) is 36.1 Å². The van der Waals surface area contributed by atoms with Crippen molar-refractivity contribution in [1.82, 2.24) is 19.6 Å². The van der Waals surface area contributed by atoms with Gasteiger partial charge in [0.05, 0.1) is 20.4 Å². The minimum Gasteiger partial charge on any atom is -0.497 e. The molecule has 136 valence electrons. The second-order valence-corrected chi connectivity index (χ2v) is 5.91. The molecule has 0 aliphatic carbocycles. The molecule has 0 spiro atoms. The Hall–Kier alpha value is -3.61. The SMILES string of the molecule is COc1ccc(CNc2ccnc3c(-c4ccc(OC)nc4)cnn23)cc1. The minimum absolute atomic E-state index is 0.574. The minimum atomic E-state index is 0.574.